The van der Waals surface area contributed by atoms with Crippen LogP contribution >= 0.6 is 0 Å². The van der Waals surface area contributed by atoms with Gasteiger partial charge in [-0.2, -0.15) is 0 Å². The molecule has 1 aliphatic carbocycles. The van der Waals surface area contributed by atoms with Crippen molar-refractivity contribution in [2.75, 3.05) is 0 Å². The minimum absolute atomic E-state index is 0.0533. The van der Waals surface area contributed by atoms with Crippen LogP contribution in [-0.4, -0.2) is 11.2 Å². The first-order valence-corrected chi connectivity index (χ1v) is 3.89. The van der Waals surface area contributed by atoms with Crippen molar-refractivity contribution in [2.24, 2.45) is 11.7 Å². The molecular weight excluding hydrogens is 126 g/mol. The van der Waals surface area contributed by atoms with Crippen molar-refractivity contribution in [3.8, 4) is 0 Å². The van der Waals surface area contributed by atoms with Crippen LogP contribution in [0.1, 0.15) is 25.7 Å². The maximum Gasteiger partial charge on any atom is 0.0540 e. The molecule has 2 heteroatoms. The van der Waals surface area contributed by atoms with Gasteiger partial charge in [-0.05, 0) is 37.8 Å². The van der Waals surface area contributed by atoms with Gasteiger partial charge in [0.1, 0.15) is 0 Å². The molecule has 10 heavy (non-hydrogen) atoms. The van der Waals surface area contributed by atoms with Crippen LogP contribution in [0.15, 0.2) is 12.3 Å². The van der Waals surface area contributed by atoms with E-state index in [2.05, 4.69) is 0 Å². The molecule has 0 atom stereocenters. The number of hydrogen-bond acceptors (Lipinski definition) is 2. The molecular formula is C8H15NO. The van der Waals surface area contributed by atoms with Crippen molar-refractivity contribution in [2.45, 2.75) is 31.8 Å². The van der Waals surface area contributed by atoms with E-state index < -0.39 is 0 Å². The summed E-state index contributed by atoms with van der Waals surface area (Å²) >= 11 is 0. The Bertz CT molecular complexity index is 114. The van der Waals surface area contributed by atoms with Crippen LogP contribution in [0.25, 0.3) is 0 Å². The zero-order chi connectivity index (χ0) is 7.40. The molecule has 0 spiro atoms. The zero-order valence-corrected chi connectivity index (χ0v) is 6.16. The van der Waals surface area contributed by atoms with E-state index in [1.165, 1.54) is 0 Å². The predicted molar refractivity (Wildman–Crippen MR) is 41.3 cm³/mol. The van der Waals surface area contributed by atoms with E-state index in [-0.39, 0.29) is 6.10 Å². The molecule has 0 saturated heterocycles. The van der Waals surface area contributed by atoms with Crippen molar-refractivity contribution < 1.29 is 5.11 Å². The van der Waals surface area contributed by atoms with Gasteiger partial charge in [0.05, 0.1) is 6.10 Å². The molecule has 1 saturated carbocycles. The highest BCUT2D eigenvalue weighted by atomic mass is 16.3. The second-order valence-corrected chi connectivity index (χ2v) is 2.95. The lowest BCUT2D eigenvalue weighted by atomic mass is 9.88. The monoisotopic (exact) mass is 141 g/mol. The summed E-state index contributed by atoms with van der Waals surface area (Å²) in [7, 11) is 0. The summed E-state index contributed by atoms with van der Waals surface area (Å²) in [6.07, 6.45) is 7.66. The van der Waals surface area contributed by atoms with Crippen LogP contribution in [0, 0.1) is 5.92 Å². The minimum atomic E-state index is -0.0533. The molecule has 0 aromatic rings. The van der Waals surface area contributed by atoms with Gasteiger partial charge in [-0.1, -0.05) is 6.08 Å². The summed E-state index contributed by atoms with van der Waals surface area (Å²) in [5.74, 6) is 0.619. The normalized spacial score (nSPS) is 34.9. The first-order chi connectivity index (χ1) is 4.83. The minimum Gasteiger partial charge on any atom is -0.405 e. The lowest BCUT2D eigenvalue weighted by Crippen LogP contribution is -2.16. The molecule has 2 nitrogen and oxygen atoms in total. The number of allylic oxidation sites excluding steroid dienone is 1. The molecule has 1 aliphatic rings. The molecule has 0 bridgehead atoms. The number of aliphatic hydroxyl groups excluding tert-OH is 1. The second-order valence-electron chi connectivity index (χ2n) is 2.95. The van der Waals surface area contributed by atoms with Crippen molar-refractivity contribution in [1.82, 2.24) is 0 Å². The lowest BCUT2D eigenvalue weighted by molar-refractivity contribution is 0.118. The van der Waals surface area contributed by atoms with Crippen LogP contribution in [0.2, 0.25) is 0 Å². The van der Waals surface area contributed by atoms with Gasteiger partial charge >= 0.3 is 0 Å². The molecule has 1 rings (SSSR count). The first-order valence-electron chi connectivity index (χ1n) is 3.89. The highest BCUT2D eigenvalue weighted by molar-refractivity contribution is 4.87. The Kier molecular flexibility index (Phi) is 2.75. The summed E-state index contributed by atoms with van der Waals surface area (Å²) in [4.78, 5) is 0. The van der Waals surface area contributed by atoms with Crippen molar-refractivity contribution >= 4 is 0 Å². The predicted octanol–water partition coefficient (Wildman–Crippen LogP) is 1.01. The summed E-state index contributed by atoms with van der Waals surface area (Å²) in [5.41, 5.74) is 5.25. The molecule has 0 radical (unpaired) electrons. The molecule has 0 heterocycles. The third-order valence-electron chi connectivity index (χ3n) is 2.12. The fourth-order valence-electron chi connectivity index (χ4n) is 1.45. The van der Waals surface area contributed by atoms with Crippen LogP contribution in [0.4, 0.5) is 0 Å². The molecule has 0 aliphatic heterocycles. The molecule has 0 unspecified atom stereocenters. The SMILES string of the molecule is NC=CC1CCC(O)CC1. The Balaban J connectivity index is 2.26. The van der Waals surface area contributed by atoms with E-state index in [0.717, 1.165) is 25.7 Å². The Hall–Kier alpha value is -0.500. The van der Waals surface area contributed by atoms with Crippen LogP contribution < -0.4 is 5.73 Å². The summed E-state index contributed by atoms with van der Waals surface area (Å²) in [5, 5.41) is 9.14. The standard InChI is InChI=1S/C8H15NO/c9-6-5-7-1-3-8(10)4-2-7/h5-8,10H,1-4,9H2. The van der Waals surface area contributed by atoms with Gasteiger partial charge < -0.3 is 10.8 Å². The Morgan fingerprint density at radius 3 is 2.30 bits per heavy atom. The smallest absolute Gasteiger partial charge is 0.0540 e. The maximum atomic E-state index is 9.14. The maximum absolute atomic E-state index is 9.14. The van der Waals surface area contributed by atoms with E-state index >= 15 is 0 Å². The van der Waals surface area contributed by atoms with E-state index in [1.54, 1.807) is 6.20 Å². The van der Waals surface area contributed by atoms with E-state index in [0.29, 0.717) is 5.92 Å². The molecule has 0 aromatic carbocycles. The summed E-state index contributed by atoms with van der Waals surface area (Å²) in [6.45, 7) is 0. The highest BCUT2D eigenvalue weighted by Crippen LogP contribution is 2.24. The van der Waals surface area contributed by atoms with Gasteiger partial charge in [0.2, 0.25) is 0 Å². The quantitative estimate of drug-likeness (QED) is 0.572. The van der Waals surface area contributed by atoms with Gasteiger partial charge in [-0.3, -0.25) is 0 Å². The number of aliphatic hydroxyl groups is 1. The lowest BCUT2D eigenvalue weighted by Gasteiger charge is -2.22. The third kappa shape index (κ3) is 2.03. The number of nitrogens with two attached hydrogens (primary N) is 1. The fraction of sp³-hybridized carbons (Fsp3) is 0.750. The summed E-state index contributed by atoms with van der Waals surface area (Å²) < 4.78 is 0. The van der Waals surface area contributed by atoms with Crippen LogP contribution in [0.3, 0.4) is 0 Å². The largest absolute Gasteiger partial charge is 0.405 e. The zero-order valence-electron chi connectivity index (χ0n) is 6.16. The third-order valence-corrected chi connectivity index (χ3v) is 2.12. The van der Waals surface area contributed by atoms with E-state index in [1.807, 2.05) is 6.08 Å². The fourth-order valence-corrected chi connectivity index (χ4v) is 1.45. The van der Waals surface area contributed by atoms with Crippen molar-refractivity contribution in [3.63, 3.8) is 0 Å². The molecule has 0 amide bonds. The van der Waals surface area contributed by atoms with E-state index in [4.69, 9.17) is 10.8 Å². The van der Waals surface area contributed by atoms with Crippen molar-refractivity contribution in [3.05, 3.63) is 12.3 Å². The Labute approximate surface area is 61.7 Å². The van der Waals surface area contributed by atoms with Crippen LogP contribution in [0.5, 0.6) is 0 Å². The highest BCUT2D eigenvalue weighted by Gasteiger charge is 2.16. The number of hydrogen-bond donors (Lipinski definition) is 2. The average molecular weight is 141 g/mol. The van der Waals surface area contributed by atoms with E-state index in [9.17, 15) is 0 Å². The molecule has 1 fully saturated rings. The van der Waals surface area contributed by atoms with Crippen molar-refractivity contribution in [1.29, 1.82) is 0 Å². The average Bonchev–Trinajstić information content (AvgIpc) is 1.95. The molecule has 58 valence electrons. The number of rotatable bonds is 1. The summed E-state index contributed by atoms with van der Waals surface area (Å²) in [6, 6.07) is 0. The Morgan fingerprint density at radius 1 is 1.20 bits per heavy atom. The van der Waals surface area contributed by atoms with Gasteiger partial charge in [0.15, 0.2) is 0 Å². The Morgan fingerprint density at radius 2 is 1.80 bits per heavy atom. The molecule has 3 N–H and O–H groups in total. The second kappa shape index (κ2) is 3.62. The van der Waals surface area contributed by atoms with Crippen LogP contribution in [-0.2, 0) is 0 Å². The van der Waals surface area contributed by atoms with Gasteiger partial charge in [0.25, 0.3) is 0 Å². The molecule has 0 aromatic heterocycles. The topological polar surface area (TPSA) is 46.2 Å². The van der Waals surface area contributed by atoms with Gasteiger partial charge in [0, 0.05) is 0 Å². The van der Waals surface area contributed by atoms with Gasteiger partial charge in [-0.15, -0.1) is 0 Å². The first kappa shape index (κ1) is 7.61. The van der Waals surface area contributed by atoms with Gasteiger partial charge in [-0.25, -0.2) is 0 Å².